The molecule has 0 radical (unpaired) electrons. The number of nitrogens with one attached hydrogen (secondary N) is 3. The number of rotatable bonds is 6. The molecule has 3 N–H and O–H groups in total. The number of guanidine groups is 1. The molecule has 0 bridgehead atoms. The van der Waals surface area contributed by atoms with Crippen LogP contribution in [0.4, 0.5) is 0 Å². The van der Waals surface area contributed by atoms with Crippen LogP contribution in [0.5, 0.6) is 0 Å². The van der Waals surface area contributed by atoms with Gasteiger partial charge in [0, 0.05) is 45.1 Å². The minimum Gasteiger partial charge on any atom is -0.377 e. The quantitative estimate of drug-likeness (QED) is 0.374. The highest BCUT2D eigenvalue weighted by Crippen LogP contribution is 2.13. The van der Waals surface area contributed by atoms with Gasteiger partial charge in [-0.1, -0.05) is 20.8 Å². The highest BCUT2D eigenvalue weighted by atomic mass is 16.5. The first-order chi connectivity index (χ1) is 12.3. The van der Waals surface area contributed by atoms with Crippen molar-refractivity contribution in [3.05, 3.63) is 11.6 Å². The standard InChI is InChI=1S/C17H31N7O2/c1-17(2,3)15(25)19-8-9-20-16(18-4)21-12-6-7-14-22-13(11-26-5)23-24(14)10-12/h12H,6-11H2,1-5H3,(H,19,25)(H2,18,20,21). The van der Waals surface area contributed by atoms with Gasteiger partial charge in [0.1, 0.15) is 12.4 Å². The van der Waals surface area contributed by atoms with Crippen LogP contribution in [0.1, 0.15) is 38.8 Å². The smallest absolute Gasteiger partial charge is 0.225 e. The van der Waals surface area contributed by atoms with Crippen LogP contribution >= 0.6 is 0 Å². The predicted octanol–water partition coefficient (Wildman–Crippen LogP) is 0.0666. The molecule has 146 valence electrons. The normalized spacial score (nSPS) is 17.6. The highest BCUT2D eigenvalue weighted by molar-refractivity contribution is 5.82. The maximum absolute atomic E-state index is 11.9. The molecule has 1 amide bonds. The van der Waals surface area contributed by atoms with Gasteiger partial charge in [0.2, 0.25) is 5.91 Å². The Bertz CT molecular complexity index is 634. The zero-order valence-corrected chi connectivity index (χ0v) is 16.4. The summed E-state index contributed by atoms with van der Waals surface area (Å²) in [6.07, 6.45) is 1.83. The Balaban J connectivity index is 1.77. The third-order valence-corrected chi connectivity index (χ3v) is 4.12. The van der Waals surface area contributed by atoms with E-state index in [4.69, 9.17) is 4.74 Å². The van der Waals surface area contributed by atoms with E-state index in [1.807, 2.05) is 25.5 Å². The van der Waals surface area contributed by atoms with E-state index in [9.17, 15) is 4.79 Å². The van der Waals surface area contributed by atoms with Gasteiger partial charge in [-0.05, 0) is 6.42 Å². The van der Waals surface area contributed by atoms with Crippen molar-refractivity contribution >= 4 is 11.9 Å². The summed E-state index contributed by atoms with van der Waals surface area (Å²) < 4.78 is 7.03. The Labute approximate surface area is 155 Å². The number of nitrogens with zero attached hydrogens (tertiary/aromatic N) is 4. The van der Waals surface area contributed by atoms with E-state index in [1.165, 1.54) is 0 Å². The lowest BCUT2D eigenvalue weighted by Gasteiger charge is -2.25. The van der Waals surface area contributed by atoms with Crippen molar-refractivity contribution < 1.29 is 9.53 Å². The van der Waals surface area contributed by atoms with Gasteiger partial charge in [-0.3, -0.25) is 9.79 Å². The summed E-state index contributed by atoms with van der Waals surface area (Å²) in [5, 5.41) is 14.0. The van der Waals surface area contributed by atoms with Gasteiger partial charge in [-0.15, -0.1) is 0 Å². The lowest BCUT2D eigenvalue weighted by atomic mass is 9.96. The second-order valence-corrected chi connectivity index (χ2v) is 7.44. The van der Waals surface area contributed by atoms with Gasteiger partial charge < -0.3 is 20.7 Å². The fourth-order valence-electron chi connectivity index (χ4n) is 2.68. The second kappa shape index (κ2) is 8.98. The van der Waals surface area contributed by atoms with Crippen molar-refractivity contribution in [2.75, 3.05) is 27.2 Å². The van der Waals surface area contributed by atoms with E-state index in [0.717, 1.165) is 37.0 Å². The third-order valence-electron chi connectivity index (χ3n) is 4.12. The van der Waals surface area contributed by atoms with Crippen LogP contribution in [0.15, 0.2) is 4.99 Å². The fourth-order valence-corrected chi connectivity index (χ4v) is 2.68. The minimum atomic E-state index is -0.376. The number of aliphatic imine (C=N–C) groups is 1. The number of hydrogen-bond acceptors (Lipinski definition) is 5. The molecular weight excluding hydrogens is 334 g/mol. The first-order valence-electron chi connectivity index (χ1n) is 9.00. The Morgan fingerprint density at radius 3 is 2.73 bits per heavy atom. The van der Waals surface area contributed by atoms with E-state index in [0.29, 0.717) is 19.7 Å². The number of carbonyl (C=O) groups excluding carboxylic acids is 1. The average Bonchev–Trinajstić information content (AvgIpc) is 2.98. The number of aryl methyl sites for hydroxylation is 1. The SMILES string of the molecule is CN=C(NCCNC(=O)C(C)(C)C)NC1CCc2nc(COC)nn2C1. The molecule has 1 aromatic heterocycles. The molecule has 1 aliphatic rings. The molecule has 1 atom stereocenters. The third kappa shape index (κ3) is 5.69. The van der Waals surface area contributed by atoms with Crippen LogP contribution in [0.2, 0.25) is 0 Å². The van der Waals surface area contributed by atoms with Crippen molar-refractivity contribution in [2.45, 2.75) is 52.8 Å². The topological polar surface area (TPSA) is 105 Å². The summed E-state index contributed by atoms with van der Waals surface area (Å²) in [7, 11) is 3.38. The first kappa shape index (κ1) is 20.2. The average molecular weight is 365 g/mol. The fraction of sp³-hybridized carbons (Fsp3) is 0.765. The molecule has 2 rings (SSSR count). The van der Waals surface area contributed by atoms with Gasteiger partial charge in [0.05, 0.1) is 6.54 Å². The Hall–Kier alpha value is -2.16. The molecule has 2 heterocycles. The second-order valence-electron chi connectivity index (χ2n) is 7.44. The number of methoxy groups -OCH3 is 1. The maximum Gasteiger partial charge on any atom is 0.225 e. The van der Waals surface area contributed by atoms with Gasteiger partial charge in [-0.25, -0.2) is 9.67 Å². The van der Waals surface area contributed by atoms with Gasteiger partial charge >= 0.3 is 0 Å². The molecule has 9 nitrogen and oxygen atoms in total. The predicted molar refractivity (Wildman–Crippen MR) is 99.8 cm³/mol. The molecular formula is C17H31N7O2. The zero-order chi connectivity index (χ0) is 19.2. The Kier molecular flexibility index (Phi) is 6.96. The van der Waals surface area contributed by atoms with Gasteiger partial charge in [0.15, 0.2) is 11.8 Å². The molecule has 1 aliphatic heterocycles. The number of ether oxygens (including phenoxy) is 1. The van der Waals surface area contributed by atoms with Crippen LogP contribution in [-0.2, 0) is 29.1 Å². The molecule has 0 aromatic carbocycles. The summed E-state index contributed by atoms with van der Waals surface area (Å²) in [5.41, 5.74) is -0.376. The summed E-state index contributed by atoms with van der Waals surface area (Å²) in [6, 6.07) is 0.231. The number of amides is 1. The van der Waals surface area contributed by atoms with Gasteiger partial charge in [0.25, 0.3) is 0 Å². The monoisotopic (exact) mass is 365 g/mol. The van der Waals surface area contributed by atoms with Crippen LogP contribution in [0, 0.1) is 5.41 Å². The van der Waals surface area contributed by atoms with Crippen molar-refractivity contribution in [1.82, 2.24) is 30.7 Å². The molecule has 1 unspecified atom stereocenters. The number of aromatic nitrogens is 3. The molecule has 0 saturated carbocycles. The van der Waals surface area contributed by atoms with E-state index in [2.05, 4.69) is 31.0 Å². The van der Waals surface area contributed by atoms with E-state index < -0.39 is 0 Å². The molecule has 26 heavy (non-hydrogen) atoms. The number of hydrogen-bond donors (Lipinski definition) is 3. The lowest BCUT2D eigenvalue weighted by molar-refractivity contribution is -0.128. The highest BCUT2D eigenvalue weighted by Gasteiger charge is 2.23. The maximum atomic E-state index is 11.9. The van der Waals surface area contributed by atoms with Crippen molar-refractivity contribution in [1.29, 1.82) is 0 Å². The largest absolute Gasteiger partial charge is 0.377 e. The summed E-state index contributed by atoms with van der Waals surface area (Å²) in [4.78, 5) is 20.6. The van der Waals surface area contributed by atoms with Crippen molar-refractivity contribution in [3.8, 4) is 0 Å². The summed E-state index contributed by atoms with van der Waals surface area (Å²) in [6.45, 7) is 8.03. The van der Waals surface area contributed by atoms with E-state index >= 15 is 0 Å². The summed E-state index contributed by atoms with van der Waals surface area (Å²) >= 11 is 0. The molecule has 0 saturated heterocycles. The Morgan fingerprint density at radius 2 is 2.08 bits per heavy atom. The molecule has 0 aliphatic carbocycles. The first-order valence-corrected chi connectivity index (χ1v) is 9.00. The Morgan fingerprint density at radius 1 is 1.35 bits per heavy atom. The minimum absolute atomic E-state index is 0.0418. The summed E-state index contributed by atoms with van der Waals surface area (Å²) in [5.74, 6) is 2.49. The van der Waals surface area contributed by atoms with Crippen LogP contribution < -0.4 is 16.0 Å². The molecule has 0 fully saturated rings. The van der Waals surface area contributed by atoms with Gasteiger partial charge in [-0.2, -0.15) is 5.10 Å². The molecule has 0 spiro atoms. The molecule has 1 aromatic rings. The van der Waals surface area contributed by atoms with Crippen molar-refractivity contribution in [3.63, 3.8) is 0 Å². The number of fused-ring (bicyclic) bond motifs is 1. The zero-order valence-electron chi connectivity index (χ0n) is 16.4. The van der Waals surface area contributed by atoms with E-state index in [-0.39, 0.29) is 17.4 Å². The van der Waals surface area contributed by atoms with Crippen LogP contribution in [-0.4, -0.2) is 59.9 Å². The lowest BCUT2D eigenvalue weighted by Crippen LogP contribution is -2.49. The van der Waals surface area contributed by atoms with Crippen LogP contribution in [0.3, 0.4) is 0 Å². The van der Waals surface area contributed by atoms with Crippen LogP contribution in [0.25, 0.3) is 0 Å². The molecule has 9 heteroatoms. The van der Waals surface area contributed by atoms with E-state index in [1.54, 1.807) is 14.2 Å². The number of carbonyl (C=O) groups is 1. The van der Waals surface area contributed by atoms with Crippen molar-refractivity contribution in [2.24, 2.45) is 10.4 Å².